The molecule has 1 spiro atoms. The van der Waals surface area contributed by atoms with Crippen molar-refractivity contribution in [2.24, 2.45) is 0 Å². The molecule has 2 rings (SSSR count). The van der Waals surface area contributed by atoms with Crippen LogP contribution in [0.2, 0.25) is 0 Å². The molecule has 12 heavy (non-hydrogen) atoms. The molecule has 70 valence electrons. The van der Waals surface area contributed by atoms with Gasteiger partial charge in [0.1, 0.15) is 5.72 Å². The van der Waals surface area contributed by atoms with Crippen LogP contribution in [-0.2, 0) is 9.47 Å². The van der Waals surface area contributed by atoms with Crippen molar-refractivity contribution >= 4 is 0 Å². The molecule has 0 amide bonds. The molecule has 0 saturated carbocycles. The first-order valence-electron chi connectivity index (χ1n) is 4.65. The smallest absolute Gasteiger partial charge is 0.114 e. The zero-order chi connectivity index (χ0) is 8.66. The topological polar surface area (TPSA) is 30.5 Å². The van der Waals surface area contributed by atoms with Gasteiger partial charge in [-0.2, -0.15) is 0 Å². The van der Waals surface area contributed by atoms with Crippen LogP contribution in [0, 0.1) is 0 Å². The second-order valence-corrected chi connectivity index (χ2v) is 4.27. The van der Waals surface area contributed by atoms with Gasteiger partial charge in [0.05, 0.1) is 12.2 Å². The molecule has 2 aliphatic rings. The van der Waals surface area contributed by atoms with Crippen LogP contribution in [0.25, 0.3) is 0 Å². The second kappa shape index (κ2) is 2.69. The van der Waals surface area contributed by atoms with Gasteiger partial charge in [0.25, 0.3) is 0 Å². The van der Waals surface area contributed by atoms with E-state index >= 15 is 0 Å². The third-order valence-electron chi connectivity index (χ3n) is 2.67. The van der Waals surface area contributed by atoms with E-state index in [4.69, 9.17) is 9.47 Å². The van der Waals surface area contributed by atoms with Gasteiger partial charge in [-0.25, -0.2) is 0 Å². The Labute approximate surface area is 73.4 Å². The first-order valence-corrected chi connectivity index (χ1v) is 4.65. The third-order valence-corrected chi connectivity index (χ3v) is 2.67. The predicted molar refractivity (Wildman–Crippen MR) is 46.0 cm³/mol. The lowest BCUT2D eigenvalue weighted by Gasteiger charge is -2.43. The summed E-state index contributed by atoms with van der Waals surface area (Å²) < 4.78 is 11.4. The lowest BCUT2D eigenvalue weighted by atomic mass is 9.95. The van der Waals surface area contributed by atoms with Crippen LogP contribution in [0.4, 0.5) is 0 Å². The van der Waals surface area contributed by atoms with Crippen molar-refractivity contribution in [2.45, 2.75) is 38.0 Å². The van der Waals surface area contributed by atoms with E-state index in [0.717, 1.165) is 32.6 Å². The highest BCUT2D eigenvalue weighted by atomic mass is 16.6. The number of hydrogen-bond acceptors (Lipinski definition) is 3. The van der Waals surface area contributed by atoms with Gasteiger partial charge in [-0.1, -0.05) is 0 Å². The Morgan fingerprint density at radius 2 is 2.08 bits per heavy atom. The largest absolute Gasteiger partial charge is 0.378 e. The van der Waals surface area contributed by atoms with E-state index in [-0.39, 0.29) is 11.3 Å². The molecule has 0 aromatic rings. The molecule has 2 fully saturated rings. The van der Waals surface area contributed by atoms with E-state index in [9.17, 15) is 0 Å². The molecule has 1 N–H and O–H groups in total. The summed E-state index contributed by atoms with van der Waals surface area (Å²) in [5.74, 6) is 0. The standard InChI is InChI=1S/C9H17NO2/c1-8(2)10-5-3-9(12-8)4-6-11-7-9/h10H,3-7H2,1-2H3. The maximum atomic E-state index is 5.99. The van der Waals surface area contributed by atoms with E-state index in [2.05, 4.69) is 19.2 Å². The molecular weight excluding hydrogens is 154 g/mol. The molecule has 2 heterocycles. The molecule has 3 heteroatoms. The summed E-state index contributed by atoms with van der Waals surface area (Å²) in [5.41, 5.74) is -0.152. The average Bonchev–Trinajstić information content (AvgIpc) is 2.34. The summed E-state index contributed by atoms with van der Waals surface area (Å²) in [6.07, 6.45) is 2.13. The SMILES string of the molecule is CC1(C)NCCC2(CCOC2)O1. The van der Waals surface area contributed by atoms with Crippen LogP contribution in [0.3, 0.4) is 0 Å². The monoisotopic (exact) mass is 171 g/mol. The van der Waals surface area contributed by atoms with Crippen molar-refractivity contribution in [3.8, 4) is 0 Å². The van der Waals surface area contributed by atoms with Crippen molar-refractivity contribution in [3.63, 3.8) is 0 Å². The van der Waals surface area contributed by atoms with Crippen LogP contribution in [0.5, 0.6) is 0 Å². The number of rotatable bonds is 0. The highest BCUT2D eigenvalue weighted by Gasteiger charge is 2.43. The van der Waals surface area contributed by atoms with Gasteiger partial charge >= 0.3 is 0 Å². The minimum absolute atomic E-state index is 0.0226. The number of hydrogen-bond donors (Lipinski definition) is 1. The molecule has 0 aromatic heterocycles. The van der Waals surface area contributed by atoms with Crippen molar-refractivity contribution < 1.29 is 9.47 Å². The van der Waals surface area contributed by atoms with Crippen LogP contribution in [0.1, 0.15) is 26.7 Å². The molecular formula is C9H17NO2. The Morgan fingerprint density at radius 1 is 1.25 bits per heavy atom. The van der Waals surface area contributed by atoms with Crippen molar-refractivity contribution in [3.05, 3.63) is 0 Å². The first-order chi connectivity index (χ1) is 5.62. The lowest BCUT2D eigenvalue weighted by Crippen LogP contribution is -2.56. The average molecular weight is 171 g/mol. The van der Waals surface area contributed by atoms with Crippen molar-refractivity contribution in [1.82, 2.24) is 5.32 Å². The normalized spacial score (nSPS) is 40.5. The van der Waals surface area contributed by atoms with Gasteiger partial charge in [-0.05, 0) is 20.3 Å². The van der Waals surface area contributed by atoms with E-state index in [0.29, 0.717) is 0 Å². The predicted octanol–water partition coefficient (Wildman–Crippen LogP) is 0.891. The zero-order valence-electron chi connectivity index (χ0n) is 7.85. The molecule has 0 bridgehead atoms. The van der Waals surface area contributed by atoms with E-state index in [1.165, 1.54) is 0 Å². The highest BCUT2D eigenvalue weighted by Crippen LogP contribution is 2.33. The summed E-state index contributed by atoms with van der Waals surface area (Å²) in [5, 5.41) is 3.33. The Kier molecular flexibility index (Phi) is 1.90. The third kappa shape index (κ3) is 1.49. The summed E-state index contributed by atoms with van der Waals surface area (Å²) in [7, 11) is 0. The van der Waals surface area contributed by atoms with Crippen molar-refractivity contribution in [2.75, 3.05) is 19.8 Å². The highest BCUT2D eigenvalue weighted by molar-refractivity contribution is 4.92. The Morgan fingerprint density at radius 3 is 2.67 bits per heavy atom. The van der Waals surface area contributed by atoms with E-state index in [1.807, 2.05) is 0 Å². The summed E-state index contributed by atoms with van der Waals surface area (Å²) in [4.78, 5) is 0. The zero-order valence-corrected chi connectivity index (χ0v) is 7.85. The van der Waals surface area contributed by atoms with Gasteiger partial charge in [0.2, 0.25) is 0 Å². The quantitative estimate of drug-likeness (QED) is 0.587. The summed E-state index contributed by atoms with van der Waals surface area (Å²) in [6.45, 7) is 6.82. The molecule has 3 nitrogen and oxygen atoms in total. The molecule has 0 aliphatic carbocycles. The minimum Gasteiger partial charge on any atom is -0.378 e. The molecule has 0 radical (unpaired) electrons. The van der Waals surface area contributed by atoms with E-state index < -0.39 is 0 Å². The fourth-order valence-electron chi connectivity index (χ4n) is 2.09. The fourth-order valence-corrected chi connectivity index (χ4v) is 2.09. The van der Waals surface area contributed by atoms with Gasteiger partial charge in [0, 0.05) is 19.6 Å². The van der Waals surface area contributed by atoms with Crippen molar-refractivity contribution in [1.29, 1.82) is 0 Å². The summed E-state index contributed by atoms with van der Waals surface area (Å²) >= 11 is 0. The molecule has 1 atom stereocenters. The maximum Gasteiger partial charge on any atom is 0.114 e. The van der Waals surface area contributed by atoms with Gasteiger partial charge in [0.15, 0.2) is 0 Å². The molecule has 2 saturated heterocycles. The Hall–Kier alpha value is -0.120. The Bertz CT molecular complexity index is 173. The minimum atomic E-state index is -0.175. The Balaban J connectivity index is 2.07. The fraction of sp³-hybridized carbons (Fsp3) is 1.00. The lowest BCUT2D eigenvalue weighted by molar-refractivity contribution is -0.182. The molecule has 0 aromatic carbocycles. The second-order valence-electron chi connectivity index (χ2n) is 4.27. The summed E-state index contributed by atoms with van der Waals surface area (Å²) in [6, 6.07) is 0. The van der Waals surface area contributed by atoms with Crippen LogP contribution in [0.15, 0.2) is 0 Å². The molecule has 1 unspecified atom stereocenters. The number of ether oxygens (including phenoxy) is 2. The van der Waals surface area contributed by atoms with Gasteiger partial charge in [-0.3, -0.25) is 5.32 Å². The van der Waals surface area contributed by atoms with Crippen LogP contribution in [-0.4, -0.2) is 31.1 Å². The maximum absolute atomic E-state index is 5.99. The van der Waals surface area contributed by atoms with E-state index in [1.54, 1.807) is 0 Å². The number of nitrogens with one attached hydrogen (secondary N) is 1. The van der Waals surface area contributed by atoms with Crippen LogP contribution >= 0.6 is 0 Å². The van der Waals surface area contributed by atoms with Gasteiger partial charge in [-0.15, -0.1) is 0 Å². The first kappa shape index (κ1) is 8.48. The molecule has 2 aliphatic heterocycles. The van der Waals surface area contributed by atoms with Crippen LogP contribution < -0.4 is 5.32 Å². The van der Waals surface area contributed by atoms with Gasteiger partial charge < -0.3 is 9.47 Å².